The number of aromatic nitrogens is 2. The standard InChI is InChI=1S/C12H13BrN4/c13-10-3-1-2-9(6-10)7-12(17-14)11-4-5-15-8-16-11/h1-6,8,12,17H,7,14H2. The van der Waals surface area contributed by atoms with Crippen molar-refractivity contribution in [2.45, 2.75) is 12.5 Å². The van der Waals surface area contributed by atoms with Crippen LogP contribution in [0.2, 0.25) is 0 Å². The van der Waals surface area contributed by atoms with Gasteiger partial charge in [-0.1, -0.05) is 28.1 Å². The van der Waals surface area contributed by atoms with Gasteiger partial charge in [-0.25, -0.2) is 9.97 Å². The molecule has 0 aliphatic heterocycles. The summed E-state index contributed by atoms with van der Waals surface area (Å²) in [5, 5.41) is 0. The van der Waals surface area contributed by atoms with Crippen LogP contribution in [0.1, 0.15) is 17.3 Å². The van der Waals surface area contributed by atoms with Gasteiger partial charge in [0.1, 0.15) is 6.33 Å². The summed E-state index contributed by atoms with van der Waals surface area (Å²) in [5.41, 5.74) is 4.87. The zero-order valence-corrected chi connectivity index (χ0v) is 10.8. The van der Waals surface area contributed by atoms with Crippen molar-refractivity contribution in [2.24, 2.45) is 5.84 Å². The maximum atomic E-state index is 5.57. The zero-order chi connectivity index (χ0) is 12.1. The van der Waals surface area contributed by atoms with Gasteiger partial charge in [-0.2, -0.15) is 0 Å². The summed E-state index contributed by atoms with van der Waals surface area (Å²) in [7, 11) is 0. The van der Waals surface area contributed by atoms with Crippen LogP contribution in [0.5, 0.6) is 0 Å². The lowest BCUT2D eigenvalue weighted by Crippen LogP contribution is -2.30. The van der Waals surface area contributed by atoms with Crippen molar-refractivity contribution in [3.05, 3.63) is 58.6 Å². The molecule has 1 aromatic heterocycles. The maximum Gasteiger partial charge on any atom is 0.115 e. The Bertz CT molecular complexity index is 475. The first-order chi connectivity index (χ1) is 8.29. The first kappa shape index (κ1) is 12.2. The van der Waals surface area contributed by atoms with Crippen LogP contribution in [0.15, 0.2) is 47.3 Å². The zero-order valence-electron chi connectivity index (χ0n) is 9.18. The highest BCUT2D eigenvalue weighted by Crippen LogP contribution is 2.18. The lowest BCUT2D eigenvalue weighted by atomic mass is 10.0. The number of rotatable bonds is 4. The largest absolute Gasteiger partial charge is 0.271 e. The van der Waals surface area contributed by atoms with E-state index in [1.807, 2.05) is 18.2 Å². The third kappa shape index (κ3) is 3.33. The number of hydrogen-bond acceptors (Lipinski definition) is 4. The van der Waals surface area contributed by atoms with Gasteiger partial charge in [0.15, 0.2) is 0 Å². The Hall–Kier alpha value is -1.30. The Balaban J connectivity index is 2.16. The summed E-state index contributed by atoms with van der Waals surface area (Å²) in [6.45, 7) is 0. The van der Waals surface area contributed by atoms with Crippen molar-refractivity contribution in [1.29, 1.82) is 0 Å². The Morgan fingerprint density at radius 1 is 1.35 bits per heavy atom. The molecule has 3 N–H and O–H groups in total. The maximum absolute atomic E-state index is 5.57. The molecule has 0 aliphatic rings. The molecule has 1 aromatic carbocycles. The van der Waals surface area contributed by atoms with Crippen molar-refractivity contribution in [3.8, 4) is 0 Å². The Morgan fingerprint density at radius 2 is 2.24 bits per heavy atom. The number of hydrazine groups is 1. The van der Waals surface area contributed by atoms with Gasteiger partial charge in [0, 0.05) is 10.7 Å². The first-order valence-electron chi connectivity index (χ1n) is 5.26. The molecule has 0 spiro atoms. The van der Waals surface area contributed by atoms with Gasteiger partial charge in [-0.05, 0) is 30.2 Å². The van der Waals surface area contributed by atoms with Gasteiger partial charge in [0.25, 0.3) is 0 Å². The van der Waals surface area contributed by atoms with E-state index in [1.165, 1.54) is 11.9 Å². The predicted molar refractivity (Wildman–Crippen MR) is 69.9 cm³/mol. The van der Waals surface area contributed by atoms with Crippen LogP contribution in [0.3, 0.4) is 0 Å². The molecule has 0 saturated carbocycles. The van der Waals surface area contributed by atoms with E-state index in [0.29, 0.717) is 0 Å². The van der Waals surface area contributed by atoms with Crippen LogP contribution in [-0.2, 0) is 6.42 Å². The fraction of sp³-hybridized carbons (Fsp3) is 0.167. The number of nitrogens with two attached hydrogens (primary N) is 1. The summed E-state index contributed by atoms with van der Waals surface area (Å²) < 4.78 is 1.06. The molecule has 0 fully saturated rings. The summed E-state index contributed by atoms with van der Waals surface area (Å²) >= 11 is 3.45. The molecule has 0 saturated heterocycles. The van der Waals surface area contributed by atoms with Gasteiger partial charge < -0.3 is 0 Å². The molecule has 0 bridgehead atoms. The van der Waals surface area contributed by atoms with Crippen molar-refractivity contribution in [2.75, 3.05) is 0 Å². The number of nitrogens with one attached hydrogen (secondary N) is 1. The highest BCUT2D eigenvalue weighted by molar-refractivity contribution is 9.10. The second-order valence-electron chi connectivity index (χ2n) is 3.69. The summed E-state index contributed by atoms with van der Waals surface area (Å²) in [6, 6.07) is 10.0. The minimum atomic E-state index is -0.00713. The topological polar surface area (TPSA) is 63.8 Å². The van der Waals surface area contributed by atoms with E-state index >= 15 is 0 Å². The smallest absolute Gasteiger partial charge is 0.115 e. The molecule has 2 rings (SSSR count). The van der Waals surface area contributed by atoms with E-state index in [0.717, 1.165) is 16.6 Å². The van der Waals surface area contributed by atoms with E-state index in [4.69, 9.17) is 5.84 Å². The second-order valence-corrected chi connectivity index (χ2v) is 4.60. The van der Waals surface area contributed by atoms with Gasteiger partial charge >= 0.3 is 0 Å². The number of nitrogens with zero attached hydrogens (tertiary/aromatic N) is 2. The van der Waals surface area contributed by atoms with Crippen molar-refractivity contribution < 1.29 is 0 Å². The van der Waals surface area contributed by atoms with Crippen LogP contribution < -0.4 is 11.3 Å². The van der Waals surface area contributed by atoms with Crippen LogP contribution in [0, 0.1) is 0 Å². The Kier molecular flexibility index (Phi) is 4.19. The molecular formula is C12H13BrN4. The van der Waals surface area contributed by atoms with Gasteiger partial charge in [-0.3, -0.25) is 11.3 Å². The molecule has 0 amide bonds. The highest BCUT2D eigenvalue weighted by Gasteiger charge is 2.11. The average molecular weight is 293 g/mol. The SMILES string of the molecule is NNC(Cc1cccc(Br)c1)c1ccncn1. The fourth-order valence-electron chi connectivity index (χ4n) is 1.66. The fourth-order valence-corrected chi connectivity index (χ4v) is 2.10. The molecular weight excluding hydrogens is 280 g/mol. The van der Waals surface area contributed by atoms with E-state index in [9.17, 15) is 0 Å². The third-order valence-corrected chi connectivity index (χ3v) is 2.99. The highest BCUT2D eigenvalue weighted by atomic mass is 79.9. The number of hydrogen-bond donors (Lipinski definition) is 2. The van der Waals surface area contributed by atoms with Gasteiger partial charge in [0.2, 0.25) is 0 Å². The van der Waals surface area contributed by atoms with Crippen LogP contribution >= 0.6 is 15.9 Å². The molecule has 0 aliphatic carbocycles. The monoisotopic (exact) mass is 292 g/mol. The summed E-state index contributed by atoms with van der Waals surface area (Å²) in [5.74, 6) is 5.57. The summed E-state index contributed by atoms with van der Waals surface area (Å²) in [4.78, 5) is 8.10. The van der Waals surface area contributed by atoms with E-state index in [1.54, 1.807) is 6.20 Å². The van der Waals surface area contributed by atoms with Gasteiger partial charge in [0.05, 0.1) is 11.7 Å². The Morgan fingerprint density at radius 3 is 2.88 bits per heavy atom. The predicted octanol–water partition coefficient (Wildman–Crippen LogP) is 1.99. The normalized spacial score (nSPS) is 12.4. The van der Waals surface area contributed by atoms with Crippen LogP contribution in [-0.4, -0.2) is 9.97 Å². The molecule has 4 nitrogen and oxygen atoms in total. The molecule has 0 radical (unpaired) electrons. The molecule has 5 heteroatoms. The lowest BCUT2D eigenvalue weighted by Gasteiger charge is -2.15. The molecule has 17 heavy (non-hydrogen) atoms. The lowest BCUT2D eigenvalue weighted by molar-refractivity contribution is 0.537. The molecule has 1 atom stereocenters. The Labute approximate surface area is 108 Å². The molecule has 88 valence electrons. The van der Waals surface area contributed by atoms with Crippen molar-refractivity contribution >= 4 is 15.9 Å². The minimum Gasteiger partial charge on any atom is -0.271 e. The van der Waals surface area contributed by atoms with Crippen LogP contribution in [0.25, 0.3) is 0 Å². The van der Waals surface area contributed by atoms with Crippen LogP contribution in [0.4, 0.5) is 0 Å². The van der Waals surface area contributed by atoms with E-state index < -0.39 is 0 Å². The first-order valence-corrected chi connectivity index (χ1v) is 6.05. The summed E-state index contributed by atoms with van der Waals surface area (Å²) in [6.07, 6.45) is 4.03. The minimum absolute atomic E-state index is 0.00713. The molecule has 1 unspecified atom stereocenters. The molecule has 2 aromatic rings. The second kappa shape index (κ2) is 5.86. The number of benzene rings is 1. The third-order valence-electron chi connectivity index (χ3n) is 2.49. The average Bonchev–Trinajstić information content (AvgIpc) is 2.37. The van der Waals surface area contributed by atoms with E-state index in [2.05, 4.69) is 43.5 Å². The number of halogens is 1. The van der Waals surface area contributed by atoms with Crippen molar-refractivity contribution in [3.63, 3.8) is 0 Å². The van der Waals surface area contributed by atoms with Gasteiger partial charge in [-0.15, -0.1) is 0 Å². The quantitative estimate of drug-likeness (QED) is 0.668. The van der Waals surface area contributed by atoms with Crippen molar-refractivity contribution in [1.82, 2.24) is 15.4 Å². The molecule has 1 heterocycles. The van der Waals surface area contributed by atoms with E-state index in [-0.39, 0.29) is 6.04 Å².